The molecule has 0 aliphatic heterocycles. The van der Waals surface area contributed by atoms with Crippen LogP contribution in [0.15, 0.2) is 150 Å². The molecule has 6 aromatic carbocycles. The largest absolute Gasteiger partial charge is 0.450 e. The molecule has 5 nitrogen and oxygen atoms in total. The molecule has 10 aromatic rings. The van der Waals surface area contributed by atoms with E-state index in [1.807, 2.05) is 36.4 Å². The number of hydrogen-bond acceptors (Lipinski definition) is 3. The van der Waals surface area contributed by atoms with Crippen LogP contribution < -0.4 is 0 Å². The molecule has 0 spiro atoms. The molecular weight excluding hydrogens is 552 g/mol. The van der Waals surface area contributed by atoms with E-state index in [9.17, 15) is 0 Å². The van der Waals surface area contributed by atoms with Crippen molar-refractivity contribution in [2.24, 2.45) is 0 Å². The van der Waals surface area contributed by atoms with E-state index in [0.717, 1.165) is 60.9 Å². The van der Waals surface area contributed by atoms with Crippen LogP contribution >= 0.6 is 0 Å². The van der Waals surface area contributed by atoms with Crippen LogP contribution in [0.2, 0.25) is 0 Å². The molecule has 0 radical (unpaired) electrons. The Hall–Kier alpha value is -6.20. The number of aromatic nitrogens is 4. The first kappa shape index (κ1) is 24.3. The van der Waals surface area contributed by atoms with Crippen molar-refractivity contribution in [2.75, 3.05) is 0 Å². The van der Waals surface area contributed by atoms with E-state index in [-0.39, 0.29) is 0 Å². The van der Waals surface area contributed by atoms with E-state index >= 15 is 0 Å². The summed E-state index contributed by atoms with van der Waals surface area (Å²) in [4.78, 5) is 10.3. The van der Waals surface area contributed by atoms with Crippen LogP contribution in [0.4, 0.5) is 0 Å². The fourth-order valence-corrected chi connectivity index (χ4v) is 6.96. The topological polar surface area (TPSA) is 48.8 Å². The lowest BCUT2D eigenvalue weighted by atomic mass is 10.1. The minimum atomic E-state index is 0.662. The molecule has 4 heterocycles. The molecule has 0 saturated carbocycles. The Labute approximate surface area is 257 Å². The molecule has 0 saturated heterocycles. The summed E-state index contributed by atoms with van der Waals surface area (Å²) < 4.78 is 11.2. The third-order valence-electron chi connectivity index (χ3n) is 8.93. The van der Waals surface area contributed by atoms with Crippen LogP contribution in [0.1, 0.15) is 0 Å². The van der Waals surface area contributed by atoms with Gasteiger partial charge in [0.25, 0.3) is 0 Å². The van der Waals surface area contributed by atoms with Gasteiger partial charge in [-0.1, -0.05) is 97.1 Å². The monoisotopic (exact) mass is 576 g/mol. The van der Waals surface area contributed by atoms with Gasteiger partial charge in [0.15, 0.2) is 17.2 Å². The van der Waals surface area contributed by atoms with Gasteiger partial charge >= 0.3 is 0 Å². The predicted octanol–water partition coefficient (Wildman–Crippen LogP) is 10.2. The van der Waals surface area contributed by atoms with Crippen molar-refractivity contribution in [3.8, 4) is 22.9 Å². The smallest absolute Gasteiger partial charge is 0.197 e. The summed E-state index contributed by atoms with van der Waals surface area (Å²) in [6.45, 7) is 0. The van der Waals surface area contributed by atoms with Crippen LogP contribution in [0.25, 0.3) is 88.6 Å². The Balaban J connectivity index is 1.40. The maximum absolute atomic E-state index is 6.57. The van der Waals surface area contributed by atoms with E-state index in [4.69, 9.17) is 14.4 Å². The second-order valence-electron chi connectivity index (χ2n) is 11.4. The third-order valence-corrected chi connectivity index (χ3v) is 8.93. The summed E-state index contributed by atoms with van der Waals surface area (Å²) in [5, 5.41) is 5.74. The lowest BCUT2D eigenvalue weighted by Crippen LogP contribution is -2.02. The highest BCUT2D eigenvalue weighted by Gasteiger charge is 2.23. The average molecular weight is 577 g/mol. The van der Waals surface area contributed by atoms with Gasteiger partial charge < -0.3 is 8.98 Å². The highest BCUT2D eigenvalue weighted by molar-refractivity contribution is 6.19. The summed E-state index contributed by atoms with van der Waals surface area (Å²) in [5.41, 5.74) is 8.78. The zero-order valence-corrected chi connectivity index (χ0v) is 24.1. The Kier molecular flexibility index (Phi) is 4.93. The first-order valence-corrected chi connectivity index (χ1v) is 15.1. The molecule has 0 N–H and O–H groups in total. The van der Waals surface area contributed by atoms with Gasteiger partial charge in [0.2, 0.25) is 0 Å². The third kappa shape index (κ3) is 3.43. The molecule has 210 valence electrons. The van der Waals surface area contributed by atoms with E-state index in [1.54, 1.807) is 0 Å². The van der Waals surface area contributed by atoms with Crippen LogP contribution in [-0.2, 0) is 0 Å². The zero-order chi connectivity index (χ0) is 29.5. The van der Waals surface area contributed by atoms with Crippen molar-refractivity contribution in [3.05, 3.63) is 146 Å². The zero-order valence-electron chi connectivity index (χ0n) is 24.1. The fourth-order valence-electron chi connectivity index (χ4n) is 6.96. The Morgan fingerprint density at radius 2 is 1.02 bits per heavy atom. The second kappa shape index (κ2) is 9.15. The van der Waals surface area contributed by atoms with Crippen molar-refractivity contribution >= 4 is 65.7 Å². The molecule has 0 aliphatic rings. The molecule has 0 aliphatic carbocycles. The number of benzene rings is 6. The van der Waals surface area contributed by atoms with Crippen LogP contribution in [-0.4, -0.2) is 19.1 Å². The molecule has 5 heteroatoms. The van der Waals surface area contributed by atoms with Crippen LogP contribution in [0.3, 0.4) is 0 Å². The Morgan fingerprint density at radius 1 is 0.444 bits per heavy atom. The molecule has 0 amide bonds. The summed E-state index contributed by atoms with van der Waals surface area (Å²) >= 11 is 0. The van der Waals surface area contributed by atoms with Crippen LogP contribution in [0, 0.1) is 0 Å². The molecule has 0 unspecified atom stereocenters. The first-order chi connectivity index (χ1) is 22.3. The highest BCUT2D eigenvalue weighted by Crippen LogP contribution is 2.41. The second-order valence-corrected chi connectivity index (χ2v) is 11.4. The van der Waals surface area contributed by atoms with Gasteiger partial charge in [-0.2, -0.15) is 0 Å². The summed E-state index contributed by atoms with van der Waals surface area (Å²) in [6.07, 6.45) is 0. The van der Waals surface area contributed by atoms with Gasteiger partial charge in [-0.25, -0.2) is 9.97 Å². The van der Waals surface area contributed by atoms with Crippen molar-refractivity contribution in [1.29, 1.82) is 0 Å². The molecule has 0 bridgehead atoms. The van der Waals surface area contributed by atoms with Crippen LogP contribution in [0.5, 0.6) is 0 Å². The molecule has 10 rings (SSSR count). The lowest BCUT2D eigenvalue weighted by Gasteiger charge is -2.11. The number of nitrogens with zero attached hydrogens (tertiary/aromatic N) is 4. The maximum Gasteiger partial charge on any atom is 0.197 e. The van der Waals surface area contributed by atoms with E-state index in [2.05, 4.69) is 118 Å². The number of rotatable bonds is 3. The van der Waals surface area contributed by atoms with Gasteiger partial charge in [-0.15, -0.1) is 0 Å². The highest BCUT2D eigenvalue weighted by atomic mass is 16.3. The SMILES string of the molecule is c1ccc(-c2nc(-n3c4ccccc4c4cc5c6ccccc6n(-c6ccccc6)c5cc43)c3oc4ccccc4c3n2)cc1. The maximum atomic E-state index is 6.57. The Morgan fingerprint density at radius 3 is 1.76 bits per heavy atom. The number of hydrogen-bond donors (Lipinski definition) is 0. The standard InChI is InChI=1S/C40H24N4O/c1-3-13-25(14-4-1)39-41-37-29-19-9-12-22-36(29)45-38(37)40(42-39)44-33-21-11-8-18-28(33)31-23-30-27-17-7-10-20-32(27)43(34(30)24-35(31)44)26-15-5-2-6-16-26/h1-24H. The van der Waals surface area contributed by atoms with E-state index < -0.39 is 0 Å². The van der Waals surface area contributed by atoms with Gasteiger partial charge in [-0.05, 0) is 48.5 Å². The average Bonchev–Trinajstić information content (AvgIpc) is 3.75. The number of fused-ring (bicyclic) bond motifs is 9. The van der Waals surface area contributed by atoms with Gasteiger partial charge in [0.05, 0.1) is 22.1 Å². The Bertz CT molecular complexity index is 2750. The molecule has 0 atom stereocenters. The van der Waals surface area contributed by atoms with E-state index in [0.29, 0.717) is 11.4 Å². The summed E-state index contributed by atoms with van der Waals surface area (Å²) in [6, 6.07) is 50.7. The quantitative estimate of drug-likeness (QED) is 0.210. The van der Waals surface area contributed by atoms with Crippen molar-refractivity contribution in [1.82, 2.24) is 19.1 Å². The molecular formula is C40H24N4O. The fraction of sp³-hybridized carbons (Fsp3) is 0. The first-order valence-electron chi connectivity index (χ1n) is 15.1. The van der Waals surface area contributed by atoms with E-state index in [1.165, 1.54) is 16.3 Å². The normalized spacial score (nSPS) is 12.0. The molecule has 45 heavy (non-hydrogen) atoms. The lowest BCUT2D eigenvalue weighted by molar-refractivity contribution is 0.662. The minimum Gasteiger partial charge on any atom is -0.450 e. The van der Waals surface area contributed by atoms with Crippen molar-refractivity contribution < 1.29 is 4.42 Å². The minimum absolute atomic E-state index is 0.662. The number of para-hydroxylation sites is 4. The van der Waals surface area contributed by atoms with Crippen molar-refractivity contribution in [3.63, 3.8) is 0 Å². The molecule has 4 aromatic heterocycles. The predicted molar refractivity (Wildman–Crippen MR) is 183 cm³/mol. The summed E-state index contributed by atoms with van der Waals surface area (Å²) in [7, 11) is 0. The molecule has 0 fully saturated rings. The van der Waals surface area contributed by atoms with Crippen molar-refractivity contribution in [2.45, 2.75) is 0 Å². The van der Waals surface area contributed by atoms with Gasteiger partial charge in [0, 0.05) is 38.2 Å². The van der Waals surface area contributed by atoms with Gasteiger partial charge in [-0.3, -0.25) is 4.57 Å². The number of furan rings is 1. The summed E-state index contributed by atoms with van der Waals surface area (Å²) in [5.74, 6) is 1.39. The van der Waals surface area contributed by atoms with Gasteiger partial charge in [0.1, 0.15) is 11.1 Å².